The summed E-state index contributed by atoms with van der Waals surface area (Å²) in [7, 11) is 2.91. The second-order valence-corrected chi connectivity index (χ2v) is 8.82. The molecule has 15 heteroatoms. The number of aryl methyl sites for hydroxylation is 2. The van der Waals surface area contributed by atoms with Crippen LogP contribution in [0.2, 0.25) is 0 Å². The first-order chi connectivity index (χ1) is 22.1. The van der Waals surface area contributed by atoms with E-state index < -0.39 is 22.7 Å². The van der Waals surface area contributed by atoms with Gasteiger partial charge in [0, 0.05) is 12.4 Å². The molecule has 13 nitrogen and oxygen atoms in total. The van der Waals surface area contributed by atoms with Gasteiger partial charge in [0.2, 0.25) is 5.95 Å². The van der Waals surface area contributed by atoms with E-state index in [2.05, 4.69) is 29.4 Å². The van der Waals surface area contributed by atoms with E-state index in [1.54, 1.807) is 68.3 Å². The summed E-state index contributed by atoms with van der Waals surface area (Å²) in [5.74, 6) is 1.17. The molecule has 0 aliphatic rings. The van der Waals surface area contributed by atoms with Crippen LogP contribution in [0.3, 0.4) is 0 Å². The van der Waals surface area contributed by atoms with E-state index >= 15 is 0 Å². The highest BCUT2D eigenvalue weighted by Crippen LogP contribution is 2.47. The molecule has 1 aromatic heterocycles. The number of phenolic OH excluding ortho intramolecular Hbond substituents is 1. The van der Waals surface area contributed by atoms with Crippen LogP contribution < -0.4 is 9.08 Å². The van der Waals surface area contributed by atoms with Crippen molar-refractivity contribution in [2.75, 3.05) is 19.1 Å². The maximum absolute atomic E-state index is 11.4. The average molecular weight is 681 g/mol. The molecule has 0 saturated heterocycles. The number of hydrogen-bond acceptors (Lipinski definition) is 11. The van der Waals surface area contributed by atoms with Crippen molar-refractivity contribution in [1.82, 2.24) is 15.0 Å². The third kappa shape index (κ3) is 14.5. The van der Waals surface area contributed by atoms with Crippen LogP contribution in [-0.2, 0) is 26.9 Å². The number of azo groups is 1. The maximum Gasteiger partial charge on any atom is 0.357 e. The van der Waals surface area contributed by atoms with E-state index in [-0.39, 0.29) is 17.2 Å². The minimum absolute atomic E-state index is 0.0855. The lowest BCUT2D eigenvalue weighted by Gasteiger charge is -2.21. The van der Waals surface area contributed by atoms with Gasteiger partial charge >= 0.3 is 22.7 Å². The molecule has 46 heavy (non-hydrogen) atoms. The molecule has 0 aliphatic heterocycles. The normalized spacial score (nSPS) is 10.9. The smallest absolute Gasteiger partial charge is 0.357 e. The Morgan fingerprint density at radius 2 is 1.28 bits per heavy atom. The Morgan fingerprint density at radius 3 is 1.76 bits per heavy atom. The molecule has 0 aliphatic carbocycles. The Bertz CT molecular complexity index is 1490. The van der Waals surface area contributed by atoms with Crippen LogP contribution in [-0.4, -0.2) is 51.7 Å². The fraction of sp³-hybridized carbons (Fsp3) is 0.387. The molecular formula is C31H48N6O7S2. The number of hydrogen-bond donors (Lipinski definition) is 3. The van der Waals surface area contributed by atoms with Gasteiger partial charge in [-0.15, -0.1) is 5.11 Å². The maximum atomic E-state index is 11.4. The van der Waals surface area contributed by atoms with Crippen molar-refractivity contribution in [2.24, 2.45) is 10.2 Å². The topological polar surface area (TPSA) is 180 Å². The fourth-order valence-corrected chi connectivity index (χ4v) is 3.64. The minimum atomic E-state index is -2.63. The first-order valence-corrected chi connectivity index (χ1v) is 16.8. The van der Waals surface area contributed by atoms with Gasteiger partial charge in [-0.3, -0.25) is 13.3 Å². The first kappa shape index (κ1) is 44.2. The summed E-state index contributed by atoms with van der Waals surface area (Å²) in [6.45, 7) is 19.5. The molecule has 256 valence electrons. The Hall–Kier alpha value is -3.89. The lowest BCUT2D eigenvalue weighted by molar-refractivity contribution is 0.379. The van der Waals surface area contributed by atoms with Gasteiger partial charge in [-0.1, -0.05) is 85.7 Å². The van der Waals surface area contributed by atoms with Gasteiger partial charge in [-0.25, -0.2) is 4.98 Å². The Labute approximate surface area is 278 Å². The zero-order valence-corrected chi connectivity index (χ0v) is 30.3. The second kappa shape index (κ2) is 25.3. The van der Waals surface area contributed by atoms with Crippen LogP contribution in [0, 0.1) is 13.8 Å². The molecule has 0 spiro atoms. The molecule has 4 rings (SSSR count). The molecule has 2 atom stereocenters. The van der Waals surface area contributed by atoms with Gasteiger partial charge in [0.1, 0.15) is 11.6 Å². The van der Waals surface area contributed by atoms with Crippen LogP contribution in [0.25, 0.3) is 10.8 Å². The highest BCUT2D eigenvalue weighted by atomic mass is 32.2. The Balaban J connectivity index is 0. The molecule has 0 saturated carbocycles. The quantitative estimate of drug-likeness (QED) is 0.125. The largest absolute Gasteiger partial charge is 0.505 e. The van der Waals surface area contributed by atoms with Crippen molar-refractivity contribution in [3.63, 3.8) is 0 Å². The van der Waals surface area contributed by atoms with Crippen LogP contribution in [0.1, 0.15) is 67.0 Å². The SMILES string of the molecule is CC.CC.CC.CC.COS(=O)O.Cc1nc(C)nc(N(C)c2cccc3cc(OS(=O)O)c(N=Nc4ccccc4)c(O)c23)n1. The predicted molar refractivity (Wildman–Crippen MR) is 188 cm³/mol. The van der Waals surface area contributed by atoms with E-state index in [4.69, 9.17) is 8.74 Å². The molecule has 0 amide bonds. The lowest BCUT2D eigenvalue weighted by atomic mass is 10.0. The summed E-state index contributed by atoms with van der Waals surface area (Å²) in [5.41, 5.74) is 1.04. The molecule has 4 aromatic rings. The molecular weight excluding hydrogens is 633 g/mol. The number of aromatic hydroxyl groups is 1. The zero-order chi connectivity index (χ0) is 35.8. The predicted octanol–water partition coefficient (Wildman–Crippen LogP) is 8.92. The van der Waals surface area contributed by atoms with E-state index in [9.17, 15) is 18.1 Å². The van der Waals surface area contributed by atoms with Gasteiger partial charge in [-0.2, -0.15) is 23.5 Å². The zero-order valence-electron chi connectivity index (χ0n) is 28.7. The van der Waals surface area contributed by atoms with Gasteiger partial charge < -0.3 is 14.2 Å². The second-order valence-electron chi connectivity index (χ2n) is 7.46. The molecule has 0 fully saturated rings. The molecule has 3 N–H and O–H groups in total. The van der Waals surface area contributed by atoms with Crippen molar-refractivity contribution < 1.29 is 31.0 Å². The van der Waals surface area contributed by atoms with Crippen molar-refractivity contribution in [1.29, 1.82) is 0 Å². The number of fused-ring (bicyclic) bond motifs is 1. The molecule has 2 unspecified atom stereocenters. The van der Waals surface area contributed by atoms with Crippen molar-refractivity contribution in [3.8, 4) is 11.5 Å². The Morgan fingerprint density at radius 1 is 0.761 bits per heavy atom. The number of benzene rings is 3. The van der Waals surface area contributed by atoms with E-state index in [1.165, 1.54) is 6.07 Å². The summed E-state index contributed by atoms with van der Waals surface area (Å²) < 4.78 is 46.3. The number of rotatable bonds is 7. The summed E-state index contributed by atoms with van der Waals surface area (Å²) >= 11 is -4.70. The van der Waals surface area contributed by atoms with Crippen molar-refractivity contribution in [2.45, 2.75) is 69.2 Å². The highest BCUT2D eigenvalue weighted by Gasteiger charge is 2.21. The van der Waals surface area contributed by atoms with Crippen LogP contribution >= 0.6 is 0 Å². The van der Waals surface area contributed by atoms with Crippen molar-refractivity contribution in [3.05, 3.63) is 66.2 Å². The van der Waals surface area contributed by atoms with Crippen LogP contribution in [0.15, 0.2) is 64.8 Å². The summed E-state index contributed by atoms with van der Waals surface area (Å²) in [4.78, 5) is 14.7. The third-order valence-electron chi connectivity index (χ3n) is 4.89. The van der Waals surface area contributed by atoms with Gasteiger partial charge in [0.05, 0.1) is 18.5 Å². The number of aromatic nitrogens is 3. The van der Waals surface area contributed by atoms with Gasteiger partial charge in [0.15, 0.2) is 17.2 Å². The standard InChI is InChI=1S/C22H20N6O4S.4C2H6.CH4O3S/c1-13-23-14(2)25-22(24-13)28(3)17-11-7-8-15-12-18(32-33(30)31)20(21(29)19(15)17)27-26-16-9-5-4-6-10-16;4*1-2;1-4-5(2)3/h4-12,29H,1-3H3,(H,30,31);4*1-2H3;1H3,(H,2,3). The van der Waals surface area contributed by atoms with Gasteiger partial charge in [0.25, 0.3) is 0 Å². The third-order valence-corrected chi connectivity index (χ3v) is 5.50. The summed E-state index contributed by atoms with van der Waals surface area (Å²) in [6, 6.07) is 15.7. The lowest BCUT2D eigenvalue weighted by Crippen LogP contribution is -2.15. The van der Waals surface area contributed by atoms with Crippen LogP contribution in [0.4, 0.5) is 23.0 Å². The molecule has 0 bridgehead atoms. The van der Waals surface area contributed by atoms with Gasteiger partial charge in [-0.05, 0) is 43.5 Å². The minimum Gasteiger partial charge on any atom is -0.505 e. The van der Waals surface area contributed by atoms with E-state index in [0.717, 1.165) is 7.11 Å². The molecule has 3 aromatic carbocycles. The Kier molecular flexibility index (Phi) is 24.3. The fourth-order valence-electron chi connectivity index (χ4n) is 3.36. The van der Waals surface area contributed by atoms with E-state index in [1.807, 2.05) is 61.5 Å². The number of anilines is 2. The average Bonchev–Trinajstić information content (AvgIpc) is 3.07. The first-order valence-electron chi connectivity index (χ1n) is 14.7. The molecule has 1 heterocycles. The monoisotopic (exact) mass is 680 g/mol. The van der Waals surface area contributed by atoms with Crippen molar-refractivity contribution >= 4 is 56.5 Å². The summed E-state index contributed by atoms with van der Waals surface area (Å²) in [5, 5.41) is 20.4. The van der Waals surface area contributed by atoms with E-state index in [0.29, 0.717) is 39.7 Å². The molecule has 0 radical (unpaired) electrons. The highest BCUT2D eigenvalue weighted by molar-refractivity contribution is 7.74. The number of nitrogens with zero attached hydrogens (tertiary/aromatic N) is 6. The summed E-state index contributed by atoms with van der Waals surface area (Å²) in [6.07, 6.45) is 0. The number of phenols is 1. The van der Waals surface area contributed by atoms with Crippen LogP contribution in [0.5, 0.6) is 11.5 Å².